The standard InChI is InChI=1S/C16H15BrO2/c1-10-9-15(19-3)11(2)8-13(10)16(18)12-6-4-5-7-14(12)17/h4-9H,1-3H3. The molecule has 2 aromatic carbocycles. The summed E-state index contributed by atoms with van der Waals surface area (Å²) in [5.74, 6) is 0.830. The van der Waals surface area contributed by atoms with E-state index in [1.807, 2.05) is 50.2 Å². The van der Waals surface area contributed by atoms with Crippen LogP contribution < -0.4 is 4.74 Å². The van der Waals surface area contributed by atoms with E-state index in [4.69, 9.17) is 4.74 Å². The second kappa shape index (κ2) is 5.57. The van der Waals surface area contributed by atoms with Crippen molar-refractivity contribution in [1.82, 2.24) is 0 Å². The lowest BCUT2D eigenvalue weighted by Crippen LogP contribution is -2.05. The van der Waals surface area contributed by atoms with Crippen molar-refractivity contribution in [3.05, 3.63) is 63.1 Å². The fraction of sp³-hybridized carbons (Fsp3) is 0.188. The minimum atomic E-state index is 0.0238. The number of carbonyl (C=O) groups excluding carboxylic acids is 1. The van der Waals surface area contributed by atoms with Crippen LogP contribution >= 0.6 is 15.9 Å². The zero-order chi connectivity index (χ0) is 14.0. The number of halogens is 1. The summed E-state index contributed by atoms with van der Waals surface area (Å²) in [4.78, 5) is 12.6. The highest BCUT2D eigenvalue weighted by Gasteiger charge is 2.16. The lowest BCUT2D eigenvalue weighted by Gasteiger charge is -2.11. The maximum atomic E-state index is 12.6. The van der Waals surface area contributed by atoms with Crippen LogP contribution in [-0.4, -0.2) is 12.9 Å². The Labute approximate surface area is 121 Å². The second-order valence-corrected chi connectivity index (χ2v) is 5.30. The monoisotopic (exact) mass is 318 g/mol. The fourth-order valence-electron chi connectivity index (χ4n) is 2.04. The molecule has 0 radical (unpaired) electrons. The number of rotatable bonds is 3. The Morgan fingerprint density at radius 3 is 2.37 bits per heavy atom. The molecule has 0 heterocycles. The number of methoxy groups -OCH3 is 1. The molecule has 19 heavy (non-hydrogen) atoms. The third kappa shape index (κ3) is 2.71. The van der Waals surface area contributed by atoms with Gasteiger partial charge >= 0.3 is 0 Å². The molecular weight excluding hydrogens is 304 g/mol. The van der Waals surface area contributed by atoms with Crippen molar-refractivity contribution >= 4 is 21.7 Å². The molecule has 0 aliphatic rings. The Kier molecular flexibility index (Phi) is 4.05. The van der Waals surface area contributed by atoms with Gasteiger partial charge in [-0.3, -0.25) is 4.79 Å². The summed E-state index contributed by atoms with van der Waals surface area (Å²) in [5.41, 5.74) is 3.27. The van der Waals surface area contributed by atoms with E-state index >= 15 is 0 Å². The number of aryl methyl sites for hydroxylation is 2. The van der Waals surface area contributed by atoms with Gasteiger partial charge in [0.05, 0.1) is 7.11 Å². The molecule has 0 spiro atoms. The number of carbonyl (C=O) groups is 1. The Morgan fingerprint density at radius 2 is 1.74 bits per heavy atom. The Balaban J connectivity index is 2.51. The average molecular weight is 319 g/mol. The van der Waals surface area contributed by atoms with Gasteiger partial charge in [-0.2, -0.15) is 0 Å². The van der Waals surface area contributed by atoms with Crippen LogP contribution in [0, 0.1) is 13.8 Å². The summed E-state index contributed by atoms with van der Waals surface area (Å²) in [6.07, 6.45) is 0. The quantitative estimate of drug-likeness (QED) is 0.788. The van der Waals surface area contributed by atoms with E-state index < -0.39 is 0 Å². The van der Waals surface area contributed by atoms with E-state index in [-0.39, 0.29) is 5.78 Å². The molecule has 0 aliphatic heterocycles. The van der Waals surface area contributed by atoms with Crippen molar-refractivity contribution in [1.29, 1.82) is 0 Å². The lowest BCUT2D eigenvalue weighted by molar-refractivity contribution is 0.103. The minimum absolute atomic E-state index is 0.0238. The summed E-state index contributed by atoms with van der Waals surface area (Å²) in [7, 11) is 1.64. The van der Waals surface area contributed by atoms with E-state index in [1.165, 1.54) is 0 Å². The third-order valence-electron chi connectivity index (χ3n) is 3.10. The summed E-state index contributed by atoms with van der Waals surface area (Å²) in [6.45, 7) is 3.86. The average Bonchev–Trinajstić information content (AvgIpc) is 2.40. The molecule has 2 nitrogen and oxygen atoms in total. The molecule has 0 aromatic heterocycles. The van der Waals surface area contributed by atoms with Crippen LogP contribution in [0.2, 0.25) is 0 Å². The van der Waals surface area contributed by atoms with Gasteiger partial charge in [-0.25, -0.2) is 0 Å². The molecule has 0 aliphatic carbocycles. The van der Waals surface area contributed by atoms with Gasteiger partial charge in [0.2, 0.25) is 0 Å². The zero-order valence-corrected chi connectivity index (χ0v) is 12.7. The van der Waals surface area contributed by atoms with Crippen LogP contribution in [0.4, 0.5) is 0 Å². The molecule has 98 valence electrons. The second-order valence-electron chi connectivity index (χ2n) is 4.45. The SMILES string of the molecule is COc1cc(C)c(C(=O)c2ccccc2Br)cc1C. The van der Waals surface area contributed by atoms with Gasteiger partial charge in [0.25, 0.3) is 0 Å². The first-order chi connectivity index (χ1) is 9.04. The molecule has 2 rings (SSSR count). The number of ether oxygens (including phenoxy) is 1. The predicted octanol–water partition coefficient (Wildman–Crippen LogP) is 4.31. The Morgan fingerprint density at radius 1 is 1.05 bits per heavy atom. The topological polar surface area (TPSA) is 26.3 Å². The van der Waals surface area contributed by atoms with Gasteiger partial charge in [0.15, 0.2) is 5.78 Å². The van der Waals surface area contributed by atoms with Gasteiger partial charge in [-0.15, -0.1) is 0 Å². The van der Waals surface area contributed by atoms with Gasteiger partial charge in [-0.05, 0) is 49.2 Å². The Bertz CT molecular complexity index is 633. The van der Waals surface area contributed by atoms with E-state index in [1.54, 1.807) is 7.11 Å². The molecule has 0 amide bonds. The highest BCUT2D eigenvalue weighted by molar-refractivity contribution is 9.10. The smallest absolute Gasteiger partial charge is 0.194 e. The molecule has 0 atom stereocenters. The van der Waals surface area contributed by atoms with Crippen molar-refractivity contribution < 1.29 is 9.53 Å². The van der Waals surface area contributed by atoms with Crippen LogP contribution in [0.25, 0.3) is 0 Å². The summed E-state index contributed by atoms with van der Waals surface area (Å²) in [5, 5.41) is 0. The van der Waals surface area contributed by atoms with Crippen LogP contribution in [0.15, 0.2) is 40.9 Å². The van der Waals surface area contributed by atoms with Crippen molar-refractivity contribution in [3.63, 3.8) is 0 Å². The number of hydrogen-bond acceptors (Lipinski definition) is 2. The summed E-state index contributed by atoms with van der Waals surface area (Å²) in [6, 6.07) is 11.2. The number of ketones is 1. The summed E-state index contributed by atoms with van der Waals surface area (Å²) < 4.78 is 6.08. The molecule has 0 saturated carbocycles. The van der Waals surface area contributed by atoms with Crippen LogP contribution in [0.5, 0.6) is 5.75 Å². The van der Waals surface area contributed by atoms with Crippen molar-refractivity contribution in [2.45, 2.75) is 13.8 Å². The first-order valence-electron chi connectivity index (χ1n) is 5.99. The van der Waals surface area contributed by atoms with Crippen molar-refractivity contribution in [2.75, 3.05) is 7.11 Å². The van der Waals surface area contributed by atoms with Gasteiger partial charge in [0.1, 0.15) is 5.75 Å². The fourth-order valence-corrected chi connectivity index (χ4v) is 2.51. The van der Waals surface area contributed by atoms with E-state index in [9.17, 15) is 4.79 Å². The largest absolute Gasteiger partial charge is 0.496 e. The first-order valence-corrected chi connectivity index (χ1v) is 6.78. The zero-order valence-electron chi connectivity index (χ0n) is 11.2. The van der Waals surface area contributed by atoms with Crippen LogP contribution in [0.1, 0.15) is 27.0 Å². The highest BCUT2D eigenvalue weighted by Crippen LogP contribution is 2.26. The van der Waals surface area contributed by atoms with E-state index in [2.05, 4.69) is 15.9 Å². The van der Waals surface area contributed by atoms with E-state index in [0.29, 0.717) is 11.1 Å². The van der Waals surface area contributed by atoms with Crippen molar-refractivity contribution in [3.8, 4) is 5.75 Å². The van der Waals surface area contributed by atoms with Gasteiger partial charge in [-0.1, -0.05) is 28.1 Å². The minimum Gasteiger partial charge on any atom is -0.496 e. The normalized spacial score (nSPS) is 10.3. The Hall–Kier alpha value is -1.61. The van der Waals surface area contributed by atoms with Crippen LogP contribution in [-0.2, 0) is 0 Å². The maximum absolute atomic E-state index is 12.6. The van der Waals surface area contributed by atoms with E-state index in [0.717, 1.165) is 21.3 Å². The molecule has 3 heteroatoms. The first kappa shape index (κ1) is 13.8. The van der Waals surface area contributed by atoms with Crippen molar-refractivity contribution in [2.24, 2.45) is 0 Å². The third-order valence-corrected chi connectivity index (χ3v) is 3.80. The number of hydrogen-bond donors (Lipinski definition) is 0. The molecular formula is C16H15BrO2. The molecule has 0 N–H and O–H groups in total. The lowest BCUT2D eigenvalue weighted by atomic mass is 9.97. The van der Waals surface area contributed by atoms with Gasteiger partial charge in [0, 0.05) is 15.6 Å². The maximum Gasteiger partial charge on any atom is 0.194 e. The molecule has 0 bridgehead atoms. The molecule has 0 saturated heterocycles. The highest BCUT2D eigenvalue weighted by atomic mass is 79.9. The number of benzene rings is 2. The predicted molar refractivity (Wildman–Crippen MR) is 80.0 cm³/mol. The molecule has 0 fully saturated rings. The summed E-state index contributed by atoms with van der Waals surface area (Å²) >= 11 is 3.42. The molecule has 2 aromatic rings. The van der Waals surface area contributed by atoms with Crippen LogP contribution in [0.3, 0.4) is 0 Å². The molecule has 0 unspecified atom stereocenters. The van der Waals surface area contributed by atoms with Gasteiger partial charge < -0.3 is 4.74 Å².